The van der Waals surface area contributed by atoms with Crippen molar-refractivity contribution in [2.45, 2.75) is 39.0 Å². The summed E-state index contributed by atoms with van der Waals surface area (Å²) in [5.74, 6) is -3.39. The minimum atomic E-state index is -1.69. The Morgan fingerprint density at radius 3 is 1.94 bits per heavy atom. The summed E-state index contributed by atoms with van der Waals surface area (Å²) in [6, 6.07) is 7.73. The Bertz CT molecular complexity index is 1110. The van der Waals surface area contributed by atoms with E-state index in [1.165, 1.54) is 14.2 Å². The standard InChI is InChI=1S/C26H28O8/c1-5-33-22(27)20-16-11-14-9-7-8-10-15(14)19(16)21(23(28)34-6-2)18-13-26(12-17(18)20,24(29)31-3)25(30)32-4/h7-10,16,19H,5-6,11-13H2,1-4H3/t16-,19+/m0/s1. The molecule has 0 unspecified atom stereocenters. The molecule has 2 atom stereocenters. The van der Waals surface area contributed by atoms with Crippen LogP contribution in [0.4, 0.5) is 0 Å². The first-order valence-electron chi connectivity index (χ1n) is 11.4. The first kappa shape index (κ1) is 23.7. The van der Waals surface area contributed by atoms with Crippen LogP contribution in [-0.4, -0.2) is 51.3 Å². The van der Waals surface area contributed by atoms with Crippen LogP contribution < -0.4 is 0 Å². The molecule has 0 aliphatic heterocycles. The topological polar surface area (TPSA) is 105 Å². The van der Waals surface area contributed by atoms with Crippen LogP contribution in [0.15, 0.2) is 46.6 Å². The number of rotatable bonds is 6. The highest BCUT2D eigenvalue weighted by Gasteiger charge is 2.59. The summed E-state index contributed by atoms with van der Waals surface area (Å²) < 4.78 is 20.8. The van der Waals surface area contributed by atoms with E-state index in [0.717, 1.165) is 11.1 Å². The monoisotopic (exact) mass is 468 g/mol. The van der Waals surface area contributed by atoms with Crippen LogP contribution in [0.1, 0.15) is 43.7 Å². The van der Waals surface area contributed by atoms with Crippen LogP contribution in [0, 0.1) is 11.3 Å². The lowest BCUT2D eigenvalue weighted by Gasteiger charge is -2.31. The molecule has 180 valence electrons. The summed E-state index contributed by atoms with van der Waals surface area (Å²) in [5.41, 5.74) is 2.01. The van der Waals surface area contributed by atoms with Crippen LogP contribution in [-0.2, 0) is 44.5 Å². The molecular weight excluding hydrogens is 440 g/mol. The van der Waals surface area contributed by atoms with Gasteiger partial charge >= 0.3 is 23.9 Å². The molecule has 0 heterocycles. The van der Waals surface area contributed by atoms with Crippen LogP contribution in [0.5, 0.6) is 0 Å². The maximum Gasteiger partial charge on any atom is 0.334 e. The van der Waals surface area contributed by atoms with Crippen molar-refractivity contribution < 1.29 is 38.1 Å². The molecule has 3 aliphatic carbocycles. The van der Waals surface area contributed by atoms with Crippen molar-refractivity contribution in [2.24, 2.45) is 11.3 Å². The molecular formula is C26H28O8. The second kappa shape index (κ2) is 9.08. The lowest BCUT2D eigenvalue weighted by Crippen LogP contribution is -2.39. The molecule has 8 heteroatoms. The van der Waals surface area contributed by atoms with Crippen molar-refractivity contribution >= 4 is 23.9 Å². The molecule has 0 spiro atoms. The van der Waals surface area contributed by atoms with Gasteiger partial charge in [-0.3, -0.25) is 9.59 Å². The molecule has 0 aromatic heterocycles. The zero-order valence-corrected chi connectivity index (χ0v) is 19.8. The Morgan fingerprint density at radius 2 is 1.38 bits per heavy atom. The van der Waals surface area contributed by atoms with Gasteiger partial charge in [-0.05, 0) is 42.5 Å². The van der Waals surface area contributed by atoms with E-state index in [1.54, 1.807) is 13.8 Å². The van der Waals surface area contributed by atoms with E-state index in [1.807, 2.05) is 24.3 Å². The van der Waals surface area contributed by atoms with Gasteiger partial charge in [0.1, 0.15) is 0 Å². The largest absolute Gasteiger partial charge is 0.468 e. The molecule has 0 radical (unpaired) electrons. The Morgan fingerprint density at radius 1 is 0.853 bits per heavy atom. The van der Waals surface area contributed by atoms with E-state index in [4.69, 9.17) is 18.9 Å². The maximum atomic E-state index is 13.3. The second-order valence-electron chi connectivity index (χ2n) is 8.63. The van der Waals surface area contributed by atoms with Gasteiger partial charge in [-0.25, -0.2) is 9.59 Å². The van der Waals surface area contributed by atoms with Gasteiger partial charge in [-0.15, -0.1) is 0 Å². The minimum absolute atomic E-state index is 0.113. The Balaban J connectivity index is 2.02. The van der Waals surface area contributed by atoms with Crippen molar-refractivity contribution in [3.05, 3.63) is 57.7 Å². The number of fused-ring (bicyclic) bond motifs is 4. The molecule has 1 aromatic carbocycles. The third-order valence-electron chi connectivity index (χ3n) is 7.03. The van der Waals surface area contributed by atoms with E-state index in [2.05, 4.69) is 0 Å². The van der Waals surface area contributed by atoms with Crippen LogP contribution in [0.25, 0.3) is 0 Å². The lowest BCUT2D eigenvalue weighted by atomic mass is 9.72. The fraction of sp³-hybridized carbons (Fsp3) is 0.462. The summed E-state index contributed by atoms with van der Waals surface area (Å²) in [4.78, 5) is 52.5. The molecule has 4 rings (SSSR count). The van der Waals surface area contributed by atoms with Crippen LogP contribution in [0.2, 0.25) is 0 Å². The molecule has 0 saturated heterocycles. The number of ether oxygens (including phenoxy) is 4. The second-order valence-corrected chi connectivity index (χ2v) is 8.63. The predicted molar refractivity (Wildman–Crippen MR) is 119 cm³/mol. The fourth-order valence-electron chi connectivity index (χ4n) is 5.73. The Hall–Kier alpha value is -3.42. The smallest absolute Gasteiger partial charge is 0.334 e. The van der Waals surface area contributed by atoms with E-state index in [-0.39, 0.29) is 32.0 Å². The quantitative estimate of drug-likeness (QED) is 0.357. The van der Waals surface area contributed by atoms with E-state index in [9.17, 15) is 19.2 Å². The molecule has 1 fully saturated rings. The fourth-order valence-corrected chi connectivity index (χ4v) is 5.73. The number of carbonyl (C=O) groups is 4. The average Bonchev–Trinajstić information content (AvgIpc) is 3.41. The first-order chi connectivity index (χ1) is 16.3. The molecule has 0 N–H and O–H groups in total. The number of esters is 4. The third-order valence-corrected chi connectivity index (χ3v) is 7.03. The number of carbonyl (C=O) groups excluding carboxylic acids is 4. The molecule has 3 aliphatic rings. The van der Waals surface area contributed by atoms with Gasteiger partial charge in [0.15, 0.2) is 5.41 Å². The summed E-state index contributed by atoms with van der Waals surface area (Å²) in [6.45, 7) is 3.77. The van der Waals surface area contributed by atoms with Gasteiger partial charge in [0.25, 0.3) is 0 Å². The number of hydrogen-bond acceptors (Lipinski definition) is 8. The third kappa shape index (κ3) is 3.43. The summed E-state index contributed by atoms with van der Waals surface area (Å²) in [7, 11) is 2.39. The van der Waals surface area contributed by atoms with Crippen molar-refractivity contribution in [2.75, 3.05) is 27.4 Å². The van der Waals surface area contributed by atoms with Gasteiger partial charge in [-0.2, -0.15) is 0 Å². The van der Waals surface area contributed by atoms with Crippen molar-refractivity contribution in [1.29, 1.82) is 0 Å². The molecule has 34 heavy (non-hydrogen) atoms. The molecule has 1 aromatic rings. The number of allylic oxidation sites excluding steroid dienone is 2. The SMILES string of the molecule is CCOC(=O)C1=C2CC(C(=O)OC)(C(=O)OC)CC2=C(C(=O)OCC)[C@@H]2c3ccccc3C[C@H]12. The zero-order chi connectivity index (χ0) is 24.6. The molecule has 8 nitrogen and oxygen atoms in total. The lowest BCUT2D eigenvalue weighted by molar-refractivity contribution is -0.168. The highest BCUT2D eigenvalue weighted by atomic mass is 16.5. The van der Waals surface area contributed by atoms with Gasteiger partial charge < -0.3 is 18.9 Å². The van der Waals surface area contributed by atoms with Crippen molar-refractivity contribution in [3.8, 4) is 0 Å². The van der Waals surface area contributed by atoms with Crippen LogP contribution >= 0.6 is 0 Å². The first-order valence-corrected chi connectivity index (χ1v) is 11.4. The molecule has 0 amide bonds. The highest BCUT2D eigenvalue weighted by molar-refractivity contribution is 6.05. The summed E-state index contributed by atoms with van der Waals surface area (Å²) in [6.07, 6.45) is 0.292. The predicted octanol–water partition coefficient (Wildman–Crippen LogP) is 2.80. The van der Waals surface area contributed by atoms with Gasteiger partial charge in [0.2, 0.25) is 0 Å². The van der Waals surface area contributed by atoms with Gasteiger partial charge in [0, 0.05) is 35.8 Å². The Labute approximate surface area is 197 Å². The van der Waals surface area contributed by atoms with Gasteiger partial charge in [0.05, 0.1) is 27.4 Å². The highest BCUT2D eigenvalue weighted by Crippen LogP contribution is 2.59. The van der Waals surface area contributed by atoms with Crippen molar-refractivity contribution in [1.82, 2.24) is 0 Å². The van der Waals surface area contributed by atoms with Gasteiger partial charge in [-0.1, -0.05) is 24.3 Å². The number of methoxy groups -OCH3 is 2. The number of hydrogen-bond donors (Lipinski definition) is 0. The summed E-state index contributed by atoms with van der Waals surface area (Å²) >= 11 is 0. The maximum absolute atomic E-state index is 13.3. The van der Waals surface area contributed by atoms with E-state index < -0.39 is 35.2 Å². The Kier molecular flexibility index (Phi) is 6.34. The van der Waals surface area contributed by atoms with E-state index in [0.29, 0.717) is 28.7 Å². The molecule has 1 saturated carbocycles. The normalized spacial score (nSPS) is 21.9. The average molecular weight is 469 g/mol. The van der Waals surface area contributed by atoms with Crippen LogP contribution in [0.3, 0.4) is 0 Å². The van der Waals surface area contributed by atoms with Crippen molar-refractivity contribution in [3.63, 3.8) is 0 Å². The zero-order valence-electron chi connectivity index (χ0n) is 19.8. The molecule has 0 bridgehead atoms. The minimum Gasteiger partial charge on any atom is -0.468 e. The van der Waals surface area contributed by atoms with E-state index >= 15 is 0 Å². The summed E-state index contributed by atoms with van der Waals surface area (Å²) in [5, 5.41) is 0. The number of benzene rings is 1.